The van der Waals surface area contributed by atoms with E-state index in [9.17, 15) is 0 Å². The summed E-state index contributed by atoms with van der Waals surface area (Å²) in [5.41, 5.74) is 3.72. The van der Waals surface area contributed by atoms with Gasteiger partial charge in [-0.25, -0.2) is 0 Å². The van der Waals surface area contributed by atoms with E-state index < -0.39 is 21.1 Å². The fourth-order valence-electron chi connectivity index (χ4n) is 3.83. The molecule has 0 aliphatic heterocycles. The Balaban J connectivity index is 2.31. The number of unbranched alkanes of at least 4 members (excludes halogenated alkanes) is 3. The first-order chi connectivity index (χ1) is 13.1. The molecule has 4 heteroatoms. The maximum atomic E-state index is 4.73. The van der Waals surface area contributed by atoms with Gasteiger partial charge >= 0.3 is 177 Å². The summed E-state index contributed by atoms with van der Waals surface area (Å²) in [6.07, 6.45) is 12.2. The van der Waals surface area contributed by atoms with E-state index in [4.69, 9.17) is 5.10 Å². The molecule has 27 heavy (non-hydrogen) atoms. The van der Waals surface area contributed by atoms with Gasteiger partial charge in [-0.05, 0) is 0 Å². The van der Waals surface area contributed by atoms with E-state index in [0.29, 0.717) is 3.43 Å². The summed E-state index contributed by atoms with van der Waals surface area (Å²) >= 11 is -0.834. The number of hydrogen-bond acceptors (Lipinski definition) is 2. The van der Waals surface area contributed by atoms with Gasteiger partial charge in [-0.15, -0.1) is 0 Å². The Hall–Kier alpha value is -0.841. The molecule has 0 bridgehead atoms. The molecule has 0 amide bonds. The summed E-state index contributed by atoms with van der Waals surface area (Å²) in [6, 6.07) is 8.50. The minimum atomic E-state index is -0.834. The van der Waals surface area contributed by atoms with Crippen LogP contribution in [-0.4, -0.2) is 36.1 Å². The van der Waals surface area contributed by atoms with Crippen molar-refractivity contribution in [3.8, 4) is 5.69 Å². The van der Waals surface area contributed by atoms with Crippen LogP contribution in [-0.2, 0) is 0 Å². The summed E-state index contributed by atoms with van der Waals surface area (Å²) in [7, 11) is 0. The van der Waals surface area contributed by atoms with Crippen molar-refractivity contribution in [1.29, 1.82) is 0 Å². The number of rotatable bonds is 12. The summed E-state index contributed by atoms with van der Waals surface area (Å²) in [5.74, 6) is 0. The van der Waals surface area contributed by atoms with Crippen molar-refractivity contribution >= 4 is 24.9 Å². The fraction of sp³-hybridized carbons (Fsp3) is 0.652. The van der Waals surface area contributed by atoms with Gasteiger partial charge in [-0.2, -0.15) is 0 Å². The Morgan fingerprint density at radius 3 is 1.96 bits per heavy atom. The third-order valence-corrected chi connectivity index (χ3v) is 11.3. The minimum absolute atomic E-state index is 0.558. The molecule has 0 saturated heterocycles. The van der Waals surface area contributed by atoms with Crippen LogP contribution >= 0.6 is 0 Å². The number of hydrogen-bond donors (Lipinski definition) is 0. The van der Waals surface area contributed by atoms with E-state index >= 15 is 0 Å². The Kier molecular flexibility index (Phi) is 9.34. The first kappa shape index (κ1) is 22.4. The molecule has 0 aliphatic rings. The Morgan fingerprint density at radius 1 is 0.889 bits per heavy atom. The van der Waals surface area contributed by atoms with E-state index in [-0.39, 0.29) is 0 Å². The molecule has 1 heterocycles. The molecular formula is C23H37N3Sn. The van der Waals surface area contributed by atoms with E-state index in [0.717, 1.165) is 0 Å². The van der Waals surface area contributed by atoms with Gasteiger partial charge in [0.15, 0.2) is 0 Å². The summed E-state index contributed by atoms with van der Waals surface area (Å²) < 4.78 is 4.00. The molecule has 3 nitrogen and oxygen atoms in total. The van der Waals surface area contributed by atoms with Crippen LogP contribution in [0.1, 0.15) is 89.8 Å². The van der Waals surface area contributed by atoms with Crippen molar-refractivity contribution in [3.63, 3.8) is 0 Å². The summed E-state index contributed by atoms with van der Waals surface area (Å²) in [4.78, 5) is 0. The first-order valence-corrected chi connectivity index (χ1v) is 13.7. The zero-order valence-corrected chi connectivity index (χ0v) is 20.9. The van der Waals surface area contributed by atoms with Crippen LogP contribution in [0.5, 0.6) is 0 Å². The molecule has 148 valence electrons. The van der Waals surface area contributed by atoms with E-state index in [2.05, 4.69) is 68.8 Å². The third-order valence-electron chi connectivity index (χ3n) is 5.65. The standard InChI is InChI=1S/C13H27.C10H10N3.Sn/c1-4-7-10-13(11-8-5-2)12-9-6-3;1-8-5-3-4-6-10(8)13-9(2)7-11-12-13;/h4-12H2,1-3H3;3-6H,1-2H3;. The van der Waals surface area contributed by atoms with Gasteiger partial charge in [0, 0.05) is 0 Å². The SMILES string of the molecule is CCCC[C](CCCC)(CCCC)[Sn][c]1nnn(-c2ccccc2C)c1C. The number of nitrogens with zero attached hydrogens (tertiary/aromatic N) is 3. The monoisotopic (exact) mass is 475 g/mol. The van der Waals surface area contributed by atoms with Crippen LogP contribution in [0.3, 0.4) is 0 Å². The maximum absolute atomic E-state index is 4.73. The Bertz CT molecular complexity index is 671. The van der Waals surface area contributed by atoms with Gasteiger partial charge < -0.3 is 0 Å². The van der Waals surface area contributed by atoms with Gasteiger partial charge in [0.2, 0.25) is 0 Å². The van der Waals surface area contributed by atoms with E-state index in [1.165, 1.54) is 78.4 Å². The number of aromatic nitrogens is 3. The van der Waals surface area contributed by atoms with Crippen LogP contribution in [0.2, 0.25) is 3.43 Å². The molecule has 0 fully saturated rings. The third kappa shape index (κ3) is 6.07. The molecular weight excluding hydrogens is 437 g/mol. The second-order valence-corrected chi connectivity index (χ2v) is 13.0. The molecule has 2 rings (SSSR count). The quantitative estimate of drug-likeness (QED) is 0.357. The molecule has 0 N–H and O–H groups in total. The van der Waals surface area contributed by atoms with Crippen molar-refractivity contribution in [2.24, 2.45) is 0 Å². The van der Waals surface area contributed by atoms with Gasteiger partial charge in [0.1, 0.15) is 0 Å². The zero-order chi connectivity index (χ0) is 19.7. The molecule has 0 spiro atoms. The van der Waals surface area contributed by atoms with Crippen LogP contribution < -0.4 is 3.71 Å². The molecule has 0 aliphatic carbocycles. The Morgan fingerprint density at radius 2 is 1.44 bits per heavy atom. The van der Waals surface area contributed by atoms with Crippen molar-refractivity contribution in [2.45, 2.75) is 95.8 Å². The van der Waals surface area contributed by atoms with Gasteiger partial charge in [-0.3, -0.25) is 0 Å². The van der Waals surface area contributed by atoms with Crippen LogP contribution in [0.15, 0.2) is 24.3 Å². The molecule has 2 aromatic rings. The normalized spacial score (nSPS) is 11.9. The van der Waals surface area contributed by atoms with E-state index in [1.807, 2.05) is 0 Å². The van der Waals surface area contributed by atoms with Gasteiger partial charge in [-0.1, -0.05) is 0 Å². The Labute approximate surface area is 176 Å². The molecule has 2 radical (unpaired) electrons. The van der Waals surface area contributed by atoms with Gasteiger partial charge in [0.25, 0.3) is 0 Å². The fourth-order valence-corrected chi connectivity index (χ4v) is 8.94. The van der Waals surface area contributed by atoms with Crippen LogP contribution in [0.4, 0.5) is 0 Å². The van der Waals surface area contributed by atoms with Crippen molar-refractivity contribution < 1.29 is 0 Å². The molecule has 1 aromatic heterocycles. The van der Waals surface area contributed by atoms with Crippen molar-refractivity contribution in [1.82, 2.24) is 15.0 Å². The van der Waals surface area contributed by atoms with Crippen molar-refractivity contribution in [2.75, 3.05) is 0 Å². The summed E-state index contributed by atoms with van der Waals surface area (Å²) in [6.45, 7) is 11.4. The summed E-state index contributed by atoms with van der Waals surface area (Å²) in [5, 5.41) is 9.31. The van der Waals surface area contributed by atoms with Crippen molar-refractivity contribution in [3.05, 3.63) is 35.5 Å². The predicted octanol–water partition coefficient (Wildman–Crippen LogP) is 5.94. The number of aryl methyl sites for hydroxylation is 1. The average molecular weight is 474 g/mol. The molecule has 0 unspecified atom stereocenters. The topological polar surface area (TPSA) is 30.7 Å². The van der Waals surface area contributed by atoms with Gasteiger partial charge in [0.05, 0.1) is 0 Å². The van der Waals surface area contributed by atoms with E-state index in [1.54, 1.807) is 0 Å². The van der Waals surface area contributed by atoms with Crippen LogP contribution in [0, 0.1) is 13.8 Å². The number of para-hydroxylation sites is 1. The number of benzene rings is 1. The first-order valence-electron chi connectivity index (χ1n) is 10.8. The average Bonchev–Trinajstić information content (AvgIpc) is 3.03. The molecule has 0 atom stereocenters. The second kappa shape index (κ2) is 11.2. The van der Waals surface area contributed by atoms with Crippen LogP contribution in [0.25, 0.3) is 5.69 Å². The molecule has 1 aromatic carbocycles. The molecule has 0 saturated carbocycles. The second-order valence-electron chi connectivity index (χ2n) is 7.94. The predicted molar refractivity (Wildman–Crippen MR) is 117 cm³/mol. The zero-order valence-electron chi connectivity index (χ0n) is 18.0.